The molecule has 3 N–H and O–H groups in total. The lowest BCUT2D eigenvalue weighted by molar-refractivity contribution is 0.0912. The zero-order valence-corrected chi connectivity index (χ0v) is 13.6. The summed E-state index contributed by atoms with van der Waals surface area (Å²) in [6.07, 6.45) is 8.94. The van der Waals surface area contributed by atoms with E-state index < -0.39 is 5.54 Å². The molecule has 1 aliphatic carbocycles. The van der Waals surface area contributed by atoms with Gasteiger partial charge in [-0.15, -0.1) is 0 Å². The van der Waals surface area contributed by atoms with Gasteiger partial charge in [0, 0.05) is 12.7 Å². The molecule has 5 nitrogen and oxygen atoms in total. The maximum absolute atomic E-state index is 12.6. The number of nitrogens with two attached hydrogens (primary N) is 1. The summed E-state index contributed by atoms with van der Waals surface area (Å²) >= 11 is 5.28. The van der Waals surface area contributed by atoms with Crippen molar-refractivity contribution in [2.24, 2.45) is 12.8 Å². The first kappa shape index (κ1) is 15.9. The first-order valence-electron chi connectivity index (χ1n) is 7.57. The molecule has 1 heterocycles. The van der Waals surface area contributed by atoms with E-state index in [0.717, 1.165) is 31.4 Å². The molecule has 116 valence electrons. The summed E-state index contributed by atoms with van der Waals surface area (Å²) < 4.78 is 1.69. The third-order valence-corrected chi connectivity index (χ3v) is 4.90. The SMILES string of the molecule is Cc1c(C(=O)NC2(C(N)=S)CCCCCCC2)cnn1C. The number of carbonyl (C=O) groups excluding carboxylic acids is 1. The van der Waals surface area contributed by atoms with Crippen molar-refractivity contribution in [1.82, 2.24) is 15.1 Å². The van der Waals surface area contributed by atoms with Gasteiger partial charge in [-0.25, -0.2) is 0 Å². The van der Waals surface area contributed by atoms with Gasteiger partial charge in [0.2, 0.25) is 0 Å². The highest BCUT2D eigenvalue weighted by Crippen LogP contribution is 2.27. The number of carbonyl (C=O) groups is 1. The molecule has 21 heavy (non-hydrogen) atoms. The topological polar surface area (TPSA) is 72.9 Å². The van der Waals surface area contributed by atoms with Gasteiger partial charge in [-0.1, -0.05) is 44.3 Å². The maximum atomic E-state index is 12.6. The number of nitrogens with one attached hydrogen (secondary N) is 1. The molecule has 0 bridgehead atoms. The number of rotatable bonds is 3. The fraction of sp³-hybridized carbons (Fsp3) is 0.667. The first-order valence-corrected chi connectivity index (χ1v) is 7.98. The molecule has 0 unspecified atom stereocenters. The molecule has 0 atom stereocenters. The molecule has 1 aromatic heterocycles. The lowest BCUT2D eigenvalue weighted by Gasteiger charge is -2.35. The number of thiocarbonyl (C=S) groups is 1. The largest absolute Gasteiger partial charge is 0.391 e. The molecule has 1 fully saturated rings. The molecule has 0 radical (unpaired) electrons. The van der Waals surface area contributed by atoms with Crippen molar-refractivity contribution in [3.63, 3.8) is 0 Å². The van der Waals surface area contributed by atoms with Crippen LogP contribution in [0.15, 0.2) is 6.20 Å². The Morgan fingerprint density at radius 1 is 1.33 bits per heavy atom. The molecule has 1 amide bonds. The zero-order valence-electron chi connectivity index (χ0n) is 12.8. The van der Waals surface area contributed by atoms with Crippen molar-refractivity contribution >= 4 is 23.1 Å². The second-order valence-electron chi connectivity index (χ2n) is 5.94. The Balaban J connectivity index is 2.20. The van der Waals surface area contributed by atoms with Crippen LogP contribution in [0.2, 0.25) is 0 Å². The van der Waals surface area contributed by atoms with Gasteiger partial charge in [0.25, 0.3) is 5.91 Å². The molecular weight excluding hydrogens is 284 g/mol. The molecule has 0 aliphatic heterocycles. The standard InChI is InChI=1S/C15H24N4OS/c1-11-12(10-17-19(11)2)13(20)18-15(14(16)21)8-6-4-3-5-7-9-15/h10H,3-9H2,1-2H3,(H2,16,21)(H,18,20). The van der Waals surface area contributed by atoms with E-state index in [0.29, 0.717) is 10.6 Å². The van der Waals surface area contributed by atoms with Crippen molar-refractivity contribution < 1.29 is 4.79 Å². The van der Waals surface area contributed by atoms with E-state index in [2.05, 4.69) is 10.4 Å². The van der Waals surface area contributed by atoms with Crippen LogP contribution in [-0.2, 0) is 7.05 Å². The molecule has 0 saturated heterocycles. The Morgan fingerprint density at radius 2 is 1.90 bits per heavy atom. The summed E-state index contributed by atoms with van der Waals surface area (Å²) in [6, 6.07) is 0. The van der Waals surface area contributed by atoms with Crippen LogP contribution >= 0.6 is 12.2 Å². The number of hydrogen-bond donors (Lipinski definition) is 2. The van der Waals surface area contributed by atoms with Crippen LogP contribution in [0, 0.1) is 6.92 Å². The van der Waals surface area contributed by atoms with E-state index >= 15 is 0 Å². The minimum Gasteiger partial charge on any atom is -0.391 e. The summed E-state index contributed by atoms with van der Waals surface area (Å²) in [5.74, 6) is -0.131. The number of aromatic nitrogens is 2. The van der Waals surface area contributed by atoms with Crippen molar-refractivity contribution in [1.29, 1.82) is 0 Å². The van der Waals surface area contributed by atoms with Crippen LogP contribution in [0.25, 0.3) is 0 Å². The second-order valence-corrected chi connectivity index (χ2v) is 6.38. The molecule has 0 aromatic carbocycles. The maximum Gasteiger partial charge on any atom is 0.255 e. The minimum atomic E-state index is -0.547. The number of nitrogens with zero attached hydrogens (tertiary/aromatic N) is 2. The van der Waals surface area contributed by atoms with Crippen LogP contribution in [0.1, 0.15) is 61.0 Å². The van der Waals surface area contributed by atoms with Crippen LogP contribution in [0.4, 0.5) is 0 Å². The number of aryl methyl sites for hydroxylation is 1. The highest BCUT2D eigenvalue weighted by molar-refractivity contribution is 7.80. The summed E-state index contributed by atoms with van der Waals surface area (Å²) in [6.45, 7) is 1.88. The lowest BCUT2D eigenvalue weighted by atomic mass is 9.83. The van der Waals surface area contributed by atoms with Gasteiger partial charge in [0.05, 0.1) is 22.3 Å². The van der Waals surface area contributed by atoms with Crippen molar-refractivity contribution in [2.45, 2.75) is 57.4 Å². The quantitative estimate of drug-likeness (QED) is 0.840. The third kappa shape index (κ3) is 3.43. The fourth-order valence-electron chi connectivity index (χ4n) is 2.95. The second kappa shape index (κ2) is 6.56. The normalized spacial score (nSPS) is 18.6. The van der Waals surface area contributed by atoms with Crippen LogP contribution < -0.4 is 11.1 Å². The van der Waals surface area contributed by atoms with E-state index in [1.54, 1.807) is 10.9 Å². The van der Waals surface area contributed by atoms with E-state index in [-0.39, 0.29) is 5.91 Å². The van der Waals surface area contributed by atoms with Gasteiger partial charge in [-0.3, -0.25) is 9.48 Å². The lowest BCUT2D eigenvalue weighted by Crippen LogP contribution is -2.57. The van der Waals surface area contributed by atoms with Gasteiger partial charge in [-0.05, 0) is 19.8 Å². The summed E-state index contributed by atoms with van der Waals surface area (Å²) in [4.78, 5) is 13.0. The molecule has 1 aromatic rings. The molecule has 2 rings (SSSR count). The predicted molar refractivity (Wildman–Crippen MR) is 87.2 cm³/mol. The number of hydrogen-bond acceptors (Lipinski definition) is 3. The molecule has 6 heteroatoms. The smallest absolute Gasteiger partial charge is 0.255 e. The van der Waals surface area contributed by atoms with E-state index in [9.17, 15) is 4.79 Å². The highest BCUT2D eigenvalue weighted by atomic mass is 32.1. The summed E-state index contributed by atoms with van der Waals surface area (Å²) in [7, 11) is 1.82. The van der Waals surface area contributed by atoms with Crippen LogP contribution in [-0.4, -0.2) is 26.2 Å². The fourth-order valence-corrected chi connectivity index (χ4v) is 3.20. The van der Waals surface area contributed by atoms with E-state index in [1.807, 2.05) is 14.0 Å². The van der Waals surface area contributed by atoms with Gasteiger partial charge in [0.1, 0.15) is 0 Å². The van der Waals surface area contributed by atoms with Gasteiger partial charge in [0.15, 0.2) is 0 Å². The molecule has 1 aliphatic rings. The van der Waals surface area contributed by atoms with Crippen molar-refractivity contribution in [2.75, 3.05) is 0 Å². The summed E-state index contributed by atoms with van der Waals surface area (Å²) in [5.41, 5.74) is 6.88. The van der Waals surface area contributed by atoms with Gasteiger partial charge >= 0.3 is 0 Å². The van der Waals surface area contributed by atoms with Gasteiger partial charge < -0.3 is 11.1 Å². The average Bonchev–Trinajstić information content (AvgIpc) is 2.73. The van der Waals surface area contributed by atoms with Crippen LogP contribution in [0.3, 0.4) is 0 Å². The minimum absolute atomic E-state index is 0.131. The van der Waals surface area contributed by atoms with Gasteiger partial charge in [-0.2, -0.15) is 5.10 Å². The monoisotopic (exact) mass is 308 g/mol. The Bertz CT molecular complexity index is 530. The van der Waals surface area contributed by atoms with E-state index in [1.165, 1.54) is 19.3 Å². The van der Waals surface area contributed by atoms with Crippen molar-refractivity contribution in [3.05, 3.63) is 17.5 Å². The molecule has 1 saturated carbocycles. The Kier molecular flexibility index (Phi) is 4.98. The van der Waals surface area contributed by atoms with Crippen molar-refractivity contribution in [3.8, 4) is 0 Å². The summed E-state index contributed by atoms with van der Waals surface area (Å²) in [5, 5.41) is 7.23. The first-order chi connectivity index (χ1) is 9.96. The Morgan fingerprint density at radius 3 is 2.38 bits per heavy atom. The highest BCUT2D eigenvalue weighted by Gasteiger charge is 2.35. The molecular formula is C15H24N4OS. The predicted octanol–water partition coefficient (Wildman–Crippen LogP) is 2.23. The zero-order chi connectivity index (χ0) is 15.5. The third-order valence-electron chi connectivity index (χ3n) is 4.51. The Labute approximate surface area is 131 Å². The molecule has 0 spiro atoms. The van der Waals surface area contributed by atoms with E-state index in [4.69, 9.17) is 18.0 Å². The van der Waals surface area contributed by atoms with Crippen LogP contribution in [0.5, 0.6) is 0 Å². The Hall–Kier alpha value is -1.43. The average molecular weight is 308 g/mol. The number of amides is 1.